The van der Waals surface area contributed by atoms with Crippen LogP contribution in [0.1, 0.15) is 48.4 Å². The van der Waals surface area contributed by atoms with Crippen LogP contribution in [0.15, 0.2) is 71.6 Å². The van der Waals surface area contributed by atoms with Gasteiger partial charge < -0.3 is 19.2 Å². The van der Waals surface area contributed by atoms with E-state index in [2.05, 4.69) is 48.2 Å². The number of rotatable bonds is 6. The zero-order valence-electron chi connectivity index (χ0n) is 22.7. The molecule has 1 N–H and O–H groups in total. The van der Waals surface area contributed by atoms with Crippen molar-refractivity contribution < 1.29 is 19.1 Å². The SMILES string of the molecule is CN(C(=O)/C=C/c1ccoc1)[C@@H]1CC[C@@]2(C)[C@H]3Cc4ccc(O)c5c4[C@@]2(CCN3CCc2ccccc2)[C@H]1O5. The predicted octanol–water partition coefficient (Wildman–Crippen LogP) is 5.20. The number of carbonyl (C=O) groups is 1. The first-order valence-corrected chi connectivity index (χ1v) is 14.2. The number of amides is 1. The summed E-state index contributed by atoms with van der Waals surface area (Å²) in [5.41, 5.74) is 4.52. The highest BCUT2D eigenvalue weighted by molar-refractivity contribution is 5.91. The van der Waals surface area contributed by atoms with Crippen LogP contribution in [0.5, 0.6) is 11.5 Å². The molecule has 7 rings (SSSR count). The second-order valence-corrected chi connectivity index (χ2v) is 12.1. The highest BCUT2D eigenvalue weighted by Gasteiger charge is 2.71. The van der Waals surface area contributed by atoms with Gasteiger partial charge >= 0.3 is 0 Å². The third-order valence-corrected chi connectivity index (χ3v) is 10.4. The van der Waals surface area contributed by atoms with E-state index < -0.39 is 0 Å². The van der Waals surface area contributed by atoms with E-state index in [4.69, 9.17) is 9.15 Å². The zero-order valence-corrected chi connectivity index (χ0v) is 22.7. The first-order chi connectivity index (χ1) is 18.9. The third-order valence-electron chi connectivity index (χ3n) is 10.4. The smallest absolute Gasteiger partial charge is 0.246 e. The molecule has 2 fully saturated rings. The minimum Gasteiger partial charge on any atom is -0.504 e. The van der Waals surface area contributed by atoms with Gasteiger partial charge in [0.25, 0.3) is 0 Å². The fourth-order valence-electron chi connectivity index (χ4n) is 8.46. The van der Waals surface area contributed by atoms with Crippen molar-refractivity contribution in [2.45, 2.75) is 62.6 Å². The molecule has 2 bridgehead atoms. The number of phenols is 1. The van der Waals surface area contributed by atoms with Crippen LogP contribution in [0.25, 0.3) is 6.08 Å². The number of piperidine rings is 1. The fourth-order valence-corrected chi connectivity index (χ4v) is 8.46. The Labute approximate surface area is 229 Å². The summed E-state index contributed by atoms with van der Waals surface area (Å²) in [6.07, 6.45) is 11.3. The molecule has 1 saturated carbocycles. The van der Waals surface area contributed by atoms with Crippen LogP contribution >= 0.6 is 0 Å². The van der Waals surface area contributed by atoms with Gasteiger partial charge in [0, 0.05) is 42.3 Å². The molecule has 39 heavy (non-hydrogen) atoms. The van der Waals surface area contributed by atoms with Crippen molar-refractivity contribution in [3.63, 3.8) is 0 Å². The molecule has 1 amide bonds. The Morgan fingerprint density at radius 2 is 2.03 bits per heavy atom. The van der Waals surface area contributed by atoms with Crippen LogP contribution in [0.4, 0.5) is 0 Å². The molecule has 0 unspecified atom stereocenters. The maximum absolute atomic E-state index is 13.3. The molecular formula is C33H36N2O4. The normalized spacial score (nSPS) is 30.7. The lowest BCUT2D eigenvalue weighted by molar-refractivity contribution is -0.150. The lowest BCUT2D eigenvalue weighted by atomic mass is 9.43. The summed E-state index contributed by atoms with van der Waals surface area (Å²) < 4.78 is 11.9. The number of carbonyl (C=O) groups excluding carboxylic acids is 1. The summed E-state index contributed by atoms with van der Waals surface area (Å²) in [4.78, 5) is 17.9. The van der Waals surface area contributed by atoms with Gasteiger partial charge in [0.2, 0.25) is 5.91 Å². The van der Waals surface area contributed by atoms with Gasteiger partial charge in [-0.05, 0) is 73.4 Å². The maximum atomic E-state index is 13.3. The van der Waals surface area contributed by atoms with Gasteiger partial charge in [-0.25, -0.2) is 0 Å². The maximum Gasteiger partial charge on any atom is 0.246 e. The van der Waals surface area contributed by atoms with Gasteiger partial charge in [-0.1, -0.05) is 43.3 Å². The number of ether oxygens (including phenoxy) is 1. The van der Waals surface area contributed by atoms with E-state index in [9.17, 15) is 9.90 Å². The highest BCUT2D eigenvalue weighted by atomic mass is 16.5. The molecule has 2 aliphatic carbocycles. The van der Waals surface area contributed by atoms with Crippen LogP contribution in [-0.4, -0.2) is 59.1 Å². The molecule has 202 valence electrons. The van der Waals surface area contributed by atoms with Crippen LogP contribution in [0.2, 0.25) is 0 Å². The molecular weight excluding hydrogens is 488 g/mol. The lowest BCUT2D eigenvalue weighted by Crippen LogP contribution is -2.73. The number of furan rings is 1. The topological polar surface area (TPSA) is 66.2 Å². The molecule has 2 aliphatic heterocycles. The predicted molar refractivity (Wildman–Crippen MR) is 150 cm³/mol. The molecule has 1 spiro atoms. The molecule has 1 aromatic heterocycles. The van der Waals surface area contributed by atoms with Gasteiger partial charge in [-0.15, -0.1) is 0 Å². The van der Waals surface area contributed by atoms with Crippen LogP contribution in [0, 0.1) is 5.41 Å². The number of hydrogen-bond acceptors (Lipinski definition) is 5. The average molecular weight is 525 g/mol. The quantitative estimate of drug-likeness (QED) is 0.449. The van der Waals surface area contributed by atoms with Gasteiger partial charge in [-0.2, -0.15) is 0 Å². The van der Waals surface area contributed by atoms with E-state index >= 15 is 0 Å². The van der Waals surface area contributed by atoms with Gasteiger partial charge in [0.1, 0.15) is 6.10 Å². The van der Waals surface area contributed by atoms with Crippen molar-refractivity contribution in [1.29, 1.82) is 0 Å². The van der Waals surface area contributed by atoms with Crippen molar-refractivity contribution in [1.82, 2.24) is 9.80 Å². The Morgan fingerprint density at radius 1 is 1.18 bits per heavy atom. The highest BCUT2D eigenvalue weighted by Crippen LogP contribution is 2.69. The van der Waals surface area contributed by atoms with Crippen molar-refractivity contribution >= 4 is 12.0 Å². The van der Waals surface area contributed by atoms with E-state index in [0.29, 0.717) is 11.8 Å². The molecule has 2 aromatic carbocycles. The molecule has 6 nitrogen and oxygen atoms in total. The van der Waals surface area contributed by atoms with E-state index in [-0.39, 0.29) is 34.6 Å². The van der Waals surface area contributed by atoms with E-state index in [0.717, 1.165) is 50.8 Å². The summed E-state index contributed by atoms with van der Waals surface area (Å²) in [6, 6.07) is 16.8. The average Bonchev–Trinajstić information content (AvgIpc) is 3.59. The zero-order chi connectivity index (χ0) is 26.8. The largest absolute Gasteiger partial charge is 0.504 e. The first-order valence-electron chi connectivity index (χ1n) is 14.2. The standard InChI is InChI=1S/C33H36N2O4/c1-32-15-12-25(34(2)28(37)11-8-23-14-19-38-21-23)31-33(32)16-18-35(17-13-22-6-4-3-5-7-22)27(32)20-24-9-10-26(36)30(39-31)29(24)33/h3-11,14,19,21,25,27,31,36H,12-13,15-18,20H2,1-2H3/b11-8+/t25-,27-,31+,32+,33+/m1/s1. The Bertz CT molecular complexity index is 1420. The number of nitrogens with zero attached hydrogens (tertiary/aromatic N) is 2. The number of likely N-dealkylation sites (N-methyl/N-ethyl adjacent to an activating group) is 1. The van der Waals surface area contributed by atoms with Gasteiger partial charge in [-0.3, -0.25) is 9.69 Å². The van der Waals surface area contributed by atoms with Gasteiger partial charge in [0.05, 0.1) is 18.6 Å². The number of phenolic OH excluding ortho intramolecular Hbond substituents is 1. The summed E-state index contributed by atoms with van der Waals surface area (Å²) in [5.74, 6) is 0.830. The van der Waals surface area contributed by atoms with Gasteiger partial charge in [0.15, 0.2) is 11.5 Å². The molecule has 3 heterocycles. The third kappa shape index (κ3) is 3.53. The van der Waals surface area contributed by atoms with Crippen molar-refractivity contribution in [3.05, 3.63) is 89.4 Å². The first kappa shape index (κ1) is 24.5. The van der Waals surface area contributed by atoms with Crippen molar-refractivity contribution in [3.8, 4) is 11.5 Å². The van der Waals surface area contributed by atoms with Crippen molar-refractivity contribution in [2.24, 2.45) is 5.41 Å². The minimum atomic E-state index is -0.228. The lowest BCUT2D eigenvalue weighted by Gasteiger charge is -2.66. The molecule has 0 radical (unpaired) electrons. The Kier molecular flexibility index (Phi) is 5.67. The Balaban J connectivity index is 1.23. The molecule has 3 aromatic rings. The minimum absolute atomic E-state index is 0.00827. The Hall–Kier alpha value is -3.51. The molecule has 1 saturated heterocycles. The second kappa shape index (κ2) is 9.02. The summed E-state index contributed by atoms with van der Waals surface area (Å²) in [5, 5.41) is 10.9. The summed E-state index contributed by atoms with van der Waals surface area (Å²) in [7, 11) is 1.90. The number of aromatic hydroxyl groups is 1. The van der Waals surface area contributed by atoms with Crippen LogP contribution in [-0.2, 0) is 23.1 Å². The van der Waals surface area contributed by atoms with E-state index in [1.807, 2.05) is 18.0 Å². The fraction of sp³-hybridized carbons (Fsp3) is 0.424. The molecule has 4 aliphatic rings. The van der Waals surface area contributed by atoms with Crippen LogP contribution in [0.3, 0.4) is 0 Å². The molecule has 6 heteroatoms. The number of likely N-dealkylation sites (tertiary alicyclic amines) is 1. The summed E-state index contributed by atoms with van der Waals surface area (Å²) in [6.45, 7) is 4.49. The second-order valence-electron chi connectivity index (χ2n) is 12.1. The van der Waals surface area contributed by atoms with Crippen LogP contribution < -0.4 is 4.74 Å². The summed E-state index contributed by atoms with van der Waals surface area (Å²) >= 11 is 0. The molecule has 5 atom stereocenters. The number of benzene rings is 2. The Morgan fingerprint density at radius 3 is 2.82 bits per heavy atom. The van der Waals surface area contributed by atoms with Crippen molar-refractivity contribution in [2.75, 3.05) is 20.1 Å². The monoisotopic (exact) mass is 524 g/mol. The van der Waals surface area contributed by atoms with E-state index in [1.165, 1.54) is 16.7 Å². The van der Waals surface area contributed by atoms with E-state index in [1.54, 1.807) is 30.7 Å². The number of hydrogen-bond donors (Lipinski definition) is 1.